The summed E-state index contributed by atoms with van der Waals surface area (Å²) in [7, 11) is -3.21. The Morgan fingerprint density at radius 2 is 1.90 bits per heavy atom. The molecule has 1 fully saturated rings. The third-order valence-electron chi connectivity index (χ3n) is 4.87. The lowest BCUT2D eigenvalue weighted by molar-refractivity contribution is -0.274. The molecule has 3 aromatic rings. The number of nitrogens with one attached hydrogen (secondary N) is 1. The molecule has 0 atom stereocenters. The first-order valence-electron chi connectivity index (χ1n) is 9.39. The second-order valence-corrected chi connectivity index (χ2v) is 9.15. The Bertz CT molecular complexity index is 1190. The zero-order valence-corrected chi connectivity index (χ0v) is 17.2. The second-order valence-electron chi connectivity index (χ2n) is 7.17. The zero-order valence-electron chi connectivity index (χ0n) is 16.4. The number of anilines is 1. The third-order valence-corrected chi connectivity index (χ3v) is 6.17. The van der Waals surface area contributed by atoms with Gasteiger partial charge in [-0.1, -0.05) is 11.3 Å². The number of alkyl halides is 3. The highest BCUT2D eigenvalue weighted by Crippen LogP contribution is 2.26. The quantitative estimate of drug-likeness (QED) is 0.630. The standard InChI is InChI=1S/C18H19F3N6O3S/c1-31(28,29)26-9-7-12(8-10-26)22-16-6-5-15-17(23-16)27(25-24-15)13-3-2-4-14(11-13)30-18(19,20)21/h2-6,11-12H,7-10H2,1H3,(H,22,23). The molecule has 1 aliphatic rings. The first-order valence-corrected chi connectivity index (χ1v) is 11.2. The van der Waals surface area contributed by atoms with Crippen molar-refractivity contribution in [3.05, 3.63) is 36.4 Å². The summed E-state index contributed by atoms with van der Waals surface area (Å²) in [6, 6.07) is 8.85. The van der Waals surface area contributed by atoms with Crippen LogP contribution in [0.3, 0.4) is 0 Å². The van der Waals surface area contributed by atoms with Gasteiger partial charge < -0.3 is 10.1 Å². The topological polar surface area (TPSA) is 102 Å². The molecule has 0 bridgehead atoms. The van der Waals surface area contributed by atoms with Gasteiger partial charge in [0.2, 0.25) is 10.0 Å². The number of piperidine rings is 1. The number of sulfonamides is 1. The van der Waals surface area contributed by atoms with Crippen LogP contribution in [0.2, 0.25) is 0 Å². The van der Waals surface area contributed by atoms with E-state index in [1.54, 1.807) is 18.2 Å². The molecule has 1 saturated heterocycles. The van der Waals surface area contributed by atoms with Crippen molar-refractivity contribution in [3.8, 4) is 11.4 Å². The molecule has 9 nitrogen and oxygen atoms in total. The highest BCUT2D eigenvalue weighted by molar-refractivity contribution is 7.88. The zero-order chi connectivity index (χ0) is 22.2. The van der Waals surface area contributed by atoms with Gasteiger partial charge in [-0.3, -0.25) is 0 Å². The fourth-order valence-corrected chi connectivity index (χ4v) is 4.29. The maximum absolute atomic E-state index is 12.5. The number of ether oxygens (including phenoxy) is 1. The Morgan fingerprint density at radius 3 is 2.58 bits per heavy atom. The Labute approximate surface area is 175 Å². The largest absolute Gasteiger partial charge is 0.573 e. The van der Waals surface area contributed by atoms with Gasteiger partial charge in [0.1, 0.15) is 17.1 Å². The highest BCUT2D eigenvalue weighted by atomic mass is 32.2. The number of aromatic nitrogens is 4. The molecule has 0 amide bonds. The van der Waals surface area contributed by atoms with Crippen LogP contribution in [0.5, 0.6) is 5.75 Å². The summed E-state index contributed by atoms with van der Waals surface area (Å²) >= 11 is 0. The van der Waals surface area contributed by atoms with Crippen molar-refractivity contribution in [2.24, 2.45) is 0 Å². The lowest BCUT2D eigenvalue weighted by Crippen LogP contribution is -2.41. The molecule has 31 heavy (non-hydrogen) atoms. The predicted octanol–water partition coefficient (Wildman–Crippen LogP) is 2.55. The van der Waals surface area contributed by atoms with Gasteiger partial charge in [-0.2, -0.15) is 4.68 Å². The molecule has 166 valence electrons. The fraction of sp³-hybridized carbons (Fsp3) is 0.389. The molecule has 0 aliphatic carbocycles. The molecule has 13 heteroatoms. The normalized spacial score (nSPS) is 16.5. The van der Waals surface area contributed by atoms with E-state index < -0.39 is 16.4 Å². The van der Waals surface area contributed by atoms with Crippen LogP contribution in [-0.4, -0.2) is 64.5 Å². The number of hydrogen-bond donors (Lipinski definition) is 1. The Morgan fingerprint density at radius 1 is 1.16 bits per heavy atom. The Kier molecular flexibility index (Phi) is 5.47. The van der Waals surface area contributed by atoms with Crippen LogP contribution in [0, 0.1) is 0 Å². The smallest absolute Gasteiger partial charge is 0.406 e. The van der Waals surface area contributed by atoms with Crippen molar-refractivity contribution >= 4 is 27.0 Å². The molecule has 1 aromatic carbocycles. The monoisotopic (exact) mass is 456 g/mol. The Balaban J connectivity index is 1.54. The Hall–Kier alpha value is -2.93. The highest BCUT2D eigenvalue weighted by Gasteiger charge is 2.31. The lowest BCUT2D eigenvalue weighted by Gasteiger charge is -2.30. The van der Waals surface area contributed by atoms with Gasteiger partial charge in [-0.15, -0.1) is 18.3 Å². The molecule has 0 spiro atoms. The maximum atomic E-state index is 12.5. The van der Waals surface area contributed by atoms with E-state index in [9.17, 15) is 21.6 Å². The summed E-state index contributed by atoms with van der Waals surface area (Å²) < 4.78 is 67.6. The van der Waals surface area contributed by atoms with Crippen molar-refractivity contribution in [1.29, 1.82) is 0 Å². The average Bonchev–Trinajstić information content (AvgIpc) is 3.10. The summed E-state index contributed by atoms with van der Waals surface area (Å²) in [5.74, 6) is 0.164. The van der Waals surface area contributed by atoms with Crippen LogP contribution in [0.15, 0.2) is 36.4 Å². The van der Waals surface area contributed by atoms with Crippen LogP contribution < -0.4 is 10.1 Å². The molecule has 0 unspecified atom stereocenters. The van der Waals surface area contributed by atoms with Gasteiger partial charge in [0.25, 0.3) is 0 Å². The summed E-state index contributed by atoms with van der Waals surface area (Å²) in [6.45, 7) is 0.842. The van der Waals surface area contributed by atoms with Gasteiger partial charge >= 0.3 is 6.36 Å². The minimum Gasteiger partial charge on any atom is -0.406 e. The summed E-state index contributed by atoms with van der Waals surface area (Å²) in [5, 5.41) is 11.3. The van der Waals surface area contributed by atoms with Crippen molar-refractivity contribution < 1.29 is 26.3 Å². The van der Waals surface area contributed by atoms with Gasteiger partial charge in [-0.25, -0.2) is 17.7 Å². The van der Waals surface area contributed by atoms with Gasteiger partial charge in [0.05, 0.1) is 11.9 Å². The molecule has 1 aliphatic heterocycles. The van der Waals surface area contributed by atoms with Crippen molar-refractivity contribution in [2.75, 3.05) is 24.7 Å². The molecule has 3 heterocycles. The molecular formula is C18H19F3N6O3S. The SMILES string of the molecule is CS(=O)(=O)N1CCC(Nc2ccc3nnn(-c4cccc(OC(F)(F)F)c4)c3n2)CC1. The van der Waals surface area contributed by atoms with E-state index in [2.05, 4.69) is 25.3 Å². The summed E-state index contributed by atoms with van der Waals surface area (Å²) in [4.78, 5) is 4.51. The third kappa shape index (κ3) is 5.05. The fourth-order valence-electron chi connectivity index (χ4n) is 3.42. The minimum absolute atomic E-state index is 0.0378. The van der Waals surface area contributed by atoms with Crippen LogP contribution in [0.25, 0.3) is 16.9 Å². The number of nitrogens with zero attached hydrogens (tertiary/aromatic N) is 5. The maximum Gasteiger partial charge on any atom is 0.573 e. The molecule has 0 radical (unpaired) electrons. The van der Waals surface area contributed by atoms with Crippen molar-refractivity contribution in [3.63, 3.8) is 0 Å². The number of halogens is 3. The number of hydrogen-bond acceptors (Lipinski definition) is 7. The van der Waals surface area contributed by atoms with E-state index in [-0.39, 0.29) is 11.8 Å². The van der Waals surface area contributed by atoms with Gasteiger partial charge in [0.15, 0.2) is 5.65 Å². The van der Waals surface area contributed by atoms with Crippen LogP contribution in [0.1, 0.15) is 12.8 Å². The first kappa shape index (κ1) is 21.3. The number of rotatable bonds is 5. The molecular weight excluding hydrogens is 437 g/mol. The van der Waals surface area contributed by atoms with E-state index in [1.807, 2.05) is 0 Å². The van der Waals surface area contributed by atoms with Crippen LogP contribution in [0.4, 0.5) is 19.0 Å². The lowest BCUT2D eigenvalue weighted by atomic mass is 10.1. The predicted molar refractivity (Wildman–Crippen MR) is 106 cm³/mol. The van der Waals surface area contributed by atoms with Crippen molar-refractivity contribution in [2.45, 2.75) is 25.2 Å². The second kappa shape index (κ2) is 7.96. The molecule has 2 aromatic heterocycles. The summed E-state index contributed by atoms with van der Waals surface area (Å²) in [5.41, 5.74) is 1.15. The van der Waals surface area contributed by atoms with E-state index in [1.165, 1.54) is 33.4 Å². The van der Waals surface area contributed by atoms with Crippen molar-refractivity contribution in [1.82, 2.24) is 24.3 Å². The van der Waals surface area contributed by atoms with E-state index in [0.717, 1.165) is 0 Å². The molecule has 1 N–H and O–H groups in total. The molecule has 4 rings (SSSR count). The number of benzene rings is 1. The van der Waals surface area contributed by atoms with Crippen LogP contribution >= 0.6 is 0 Å². The van der Waals surface area contributed by atoms with Crippen LogP contribution in [-0.2, 0) is 10.0 Å². The van der Waals surface area contributed by atoms with E-state index >= 15 is 0 Å². The summed E-state index contributed by atoms with van der Waals surface area (Å²) in [6.07, 6.45) is -2.35. The number of pyridine rings is 1. The van der Waals surface area contributed by atoms with E-state index in [4.69, 9.17) is 0 Å². The molecule has 0 saturated carbocycles. The van der Waals surface area contributed by atoms with Gasteiger partial charge in [-0.05, 0) is 37.1 Å². The average molecular weight is 456 g/mol. The first-order chi connectivity index (χ1) is 14.6. The van der Waals surface area contributed by atoms with E-state index in [0.29, 0.717) is 48.6 Å². The van der Waals surface area contributed by atoms with Gasteiger partial charge in [0, 0.05) is 25.2 Å². The number of fused-ring (bicyclic) bond motifs is 1. The minimum atomic E-state index is -4.80.